The van der Waals surface area contributed by atoms with Crippen LogP contribution in [0.1, 0.15) is 54.9 Å². The summed E-state index contributed by atoms with van der Waals surface area (Å²) in [7, 11) is 0. The molecule has 1 saturated carbocycles. The number of hydrogen-bond acceptors (Lipinski definition) is 6. The van der Waals surface area contributed by atoms with Gasteiger partial charge in [-0.2, -0.15) is 14.6 Å². The molecular weight excluding hydrogens is 517 g/mol. The third-order valence-electron chi connectivity index (χ3n) is 7.72. The standard InChI is InChI=1S/C30H29ClFN5O2/c31-22-6-1-19(2-7-22)14-28-34-17-25(32)30(36-28)39-23-8-3-20(4-9-23)15-29-35-26-13-21(16-33)5-10-27(26)37(29)18-24-11-12-38-24/h1-2,5-7,10,13,17,20,23-24H,3-4,8-9,11-12,14-15,18H2. The Morgan fingerprint density at radius 3 is 2.59 bits per heavy atom. The van der Waals surface area contributed by atoms with Crippen LogP contribution >= 0.6 is 11.6 Å². The number of ether oxygens (including phenoxy) is 2. The third-order valence-corrected chi connectivity index (χ3v) is 7.97. The molecule has 1 atom stereocenters. The predicted molar refractivity (Wildman–Crippen MR) is 145 cm³/mol. The second-order valence-electron chi connectivity index (χ2n) is 10.4. The highest BCUT2D eigenvalue weighted by Gasteiger charge is 2.27. The number of nitrogens with zero attached hydrogens (tertiary/aromatic N) is 5. The minimum atomic E-state index is -0.541. The van der Waals surface area contributed by atoms with Gasteiger partial charge in [0.15, 0.2) is 0 Å². The molecule has 7 nitrogen and oxygen atoms in total. The summed E-state index contributed by atoms with van der Waals surface area (Å²) in [5, 5.41) is 9.98. The van der Waals surface area contributed by atoms with Crippen molar-refractivity contribution in [2.75, 3.05) is 6.61 Å². The molecule has 0 amide bonds. The largest absolute Gasteiger partial charge is 0.472 e. The Labute approximate surface area is 231 Å². The Bertz CT molecular complexity index is 1500. The third kappa shape index (κ3) is 5.90. The van der Waals surface area contributed by atoms with Gasteiger partial charge in [0.2, 0.25) is 5.82 Å². The summed E-state index contributed by atoms with van der Waals surface area (Å²) in [5.41, 5.74) is 3.51. The first-order valence-corrected chi connectivity index (χ1v) is 13.8. The summed E-state index contributed by atoms with van der Waals surface area (Å²) in [5.74, 6) is 1.48. The normalized spacial score (nSPS) is 20.9. The highest BCUT2D eigenvalue weighted by molar-refractivity contribution is 6.30. The van der Waals surface area contributed by atoms with E-state index in [1.807, 2.05) is 42.5 Å². The van der Waals surface area contributed by atoms with Gasteiger partial charge in [0.1, 0.15) is 17.8 Å². The lowest BCUT2D eigenvalue weighted by molar-refractivity contribution is -0.0590. The molecule has 1 aliphatic carbocycles. The molecule has 2 fully saturated rings. The van der Waals surface area contributed by atoms with Crippen molar-refractivity contribution < 1.29 is 13.9 Å². The average molecular weight is 546 g/mol. The van der Waals surface area contributed by atoms with Crippen molar-refractivity contribution in [2.45, 2.75) is 63.7 Å². The lowest BCUT2D eigenvalue weighted by Crippen LogP contribution is -2.32. The molecule has 0 radical (unpaired) electrons. The lowest BCUT2D eigenvalue weighted by Gasteiger charge is -2.30. The van der Waals surface area contributed by atoms with Crippen molar-refractivity contribution in [3.05, 3.63) is 82.3 Å². The van der Waals surface area contributed by atoms with E-state index in [-0.39, 0.29) is 18.1 Å². The number of benzene rings is 2. The van der Waals surface area contributed by atoms with E-state index in [9.17, 15) is 9.65 Å². The van der Waals surface area contributed by atoms with Gasteiger partial charge in [-0.3, -0.25) is 0 Å². The molecule has 2 aromatic heterocycles. The first-order chi connectivity index (χ1) is 19.0. The fourth-order valence-electron chi connectivity index (χ4n) is 5.45. The van der Waals surface area contributed by atoms with Crippen molar-refractivity contribution >= 4 is 22.6 Å². The van der Waals surface area contributed by atoms with Gasteiger partial charge in [-0.15, -0.1) is 0 Å². The summed E-state index contributed by atoms with van der Waals surface area (Å²) in [6.07, 6.45) is 7.26. The van der Waals surface area contributed by atoms with Crippen LogP contribution in [0.3, 0.4) is 0 Å². The predicted octanol–water partition coefficient (Wildman–Crippen LogP) is 6.05. The first-order valence-electron chi connectivity index (χ1n) is 13.5. The molecule has 39 heavy (non-hydrogen) atoms. The van der Waals surface area contributed by atoms with Gasteiger partial charge in [-0.25, -0.2) is 9.97 Å². The van der Waals surface area contributed by atoms with E-state index in [1.165, 1.54) is 6.20 Å². The number of fused-ring (bicyclic) bond motifs is 1. The van der Waals surface area contributed by atoms with Gasteiger partial charge in [0.25, 0.3) is 5.88 Å². The van der Waals surface area contributed by atoms with Crippen LogP contribution in [0.2, 0.25) is 5.02 Å². The summed E-state index contributed by atoms with van der Waals surface area (Å²) in [6.45, 7) is 1.59. The molecule has 2 aromatic carbocycles. The van der Waals surface area contributed by atoms with Crippen LogP contribution in [0, 0.1) is 23.1 Å². The molecule has 9 heteroatoms. The van der Waals surface area contributed by atoms with Crippen LogP contribution in [-0.4, -0.2) is 38.3 Å². The number of nitriles is 1. The van der Waals surface area contributed by atoms with Crippen LogP contribution in [0.25, 0.3) is 11.0 Å². The van der Waals surface area contributed by atoms with Gasteiger partial charge in [0.05, 0.1) is 41.5 Å². The quantitative estimate of drug-likeness (QED) is 0.268. The van der Waals surface area contributed by atoms with Crippen molar-refractivity contribution in [1.82, 2.24) is 19.5 Å². The van der Waals surface area contributed by atoms with E-state index >= 15 is 0 Å². The van der Waals surface area contributed by atoms with E-state index in [0.29, 0.717) is 28.7 Å². The fraction of sp³-hybridized carbons (Fsp3) is 0.400. The van der Waals surface area contributed by atoms with Crippen molar-refractivity contribution in [3.63, 3.8) is 0 Å². The number of hydrogen-bond donors (Lipinski definition) is 0. The van der Waals surface area contributed by atoms with Crippen molar-refractivity contribution in [3.8, 4) is 11.9 Å². The van der Waals surface area contributed by atoms with Crippen LogP contribution in [0.5, 0.6) is 5.88 Å². The zero-order valence-corrected chi connectivity index (χ0v) is 22.3. The van der Waals surface area contributed by atoms with Gasteiger partial charge in [-0.1, -0.05) is 23.7 Å². The molecule has 0 N–H and O–H groups in total. The maximum Gasteiger partial charge on any atom is 0.254 e. The number of rotatable bonds is 8. The topological polar surface area (TPSA) is 85.9 Å². The second kappa shape index (κ2) is 11.3. The van der Waals surface area contributed by atoms with E-state index in [2.05, 4.69) is 20.6 Å². The molecule has 1 aliphatic heterocycles. The second-order valence-corrected chi connectivity index (χ2v) is 10.9. The van der Waals surface area contributed by atoms with Crippen molar-refractivity contribution in [2.24, 2.45) is 5.92 Å². The molecule has 3 heterocycles. The molecule has 200 valence electrons. The zero-order chi connectivity index (χ0) is 26.8. The highest BCUT2D eigenvalue weighted by Crippen LogP contribution is 2.32. The van der Waals surface area contributed by atoms with Gasteiger partial charge in [-0.05, 0) is 73.9 Å². The summed E-state index contributed by atoms with van der Waals surface area (Å²) >= 11 is 5.97. The van der Waals surface area contributed by atoms with E-state index in [4.69, 9.17) is 26.1 Å². The maximum atomic E-state index is 14.5. The van der Waals surface area contributed by atoms with Gasteiger partial charge in [0, 0.05) is 24.5 Å². The monoisotopic (exact) mass is 545 g/mol. The number of imidazole rings is 1. The molecular formula is C30H29ClFN5O2. The van der Waals surface area contributed by atoms with Crippen LogP contribution in [0.15, 0.2) is 48.7 Å². The smallest absolute Gasteiger partial charge is 0.254 e. The van der Waals surface area contributed by atoms with Crippen molar-refractivity contribution in [1.29, 1.82) is 5.26 Å². The Kier molecular flexibility index (Phi) is 7.45. The Hall–Kier alpha value is -3.54. The maximum absolute atomic E-state index is 14.5. The van der Waals surface area contributed by atoms with Crippen LogP contribution < -0.4 is 4.74 Å². The van der Waals surface area contributed by atoms with E-state index < -0.39 is 5.82 Å². The zero-order valence-electron chi connectivity index (χ0n) is 21.5. The Balaban J connectivity index is 1.10. The minimum Gasteiger partial charge on any atom is -0.472 e. The minimum absolute atomic E-state index is 0.0213. The first kappa shape index (κ1) is 25.7. The molecule has 2 aliphatic rings. The summed E-state index contributed by atoms with van der Waals surface area (Å²) in [4.78, 5) is 13.4. The SMILES string of the molecule is N#Cc1ccc2c(c1)nc(CC1CCC(Oc3nc(Cc4ccc(Cl)cc4)ncc3F)CC1)n2CC1CCO1. The average Bonchev–Trinajstić information content (AvgIpc) is 3.26. The lowest BCUT2D eigenvalue weighted by atomic mass is 9.85. The highest BCUT2D eigenvalue weighted by atomic mass is 35.5. The summed E-state index contributed by atoms with van der Waals surface area (Å²) in [6, 6.07) is 15.4. The van der Waals surface area contributed by atoms with Crippen LogP contribution in [0.4, 0.5) is 4.39 Å². The van der Waals surface area contributed by atoms with Gasteiger partial charge >= 0.3 is 0 Å². The summed E-state index contributed by atoms with van der Waals surface area (Å²) < 4.78 is 28.5. The van der Waals surface area contributed by atoms with E-state index in [1.54, 1.807) is 0 Å². The molecule has 0 bridgehead atoms. The molecule has 1 unspecified atom stereocenters. The van der Waals surface area contributed by atoms with E-state index in [0.717, 1.165) is 74.1 Å². The van der Waals surface area contributed by atoms with Crippen LogP contribution in [-0.2, 0) is 24.1 Å². The van der Waals surface area contributed by atoms with Gasteiger partial charge < -0.3 is 14.0 Å². The Morgan fingerprint density at radius 2 is 1.87 bits per heavy atom. The molecule has 4 aromatic rings. The number of halogens is 2. The fourth-order valence-corrected chi connectivity index (χ4v) is 5.58. The number of aromatic nitrogens is 4. The Morgan fingerprint density at radius 1 is 1.08 bits per heavy atom. The molecule has 6 rings (SSSR count). The molecule has 0 spiro atoms. The molecule has 1 saturated heterocycles.